The third-order valence-electron chi connectivity index (χ3n) is 4.05. The fraction of sp³-hybridized carbons (Fsp3) is 0.438. The van der Waals surface area contributed by atoms with Gasteiger partial charge in [-0.2, -0.15) is 0 Å². The average molecular weight is 255 g/mol. The van der Waals surface area contributed by atoms with Crippen LogP contribution in [0.1, 0.15) is 25.7 Å². The van der Waals surface area contributed by atoms with Crippen molar-refractivity contribution in [1.29, 1.82) is 0 Å². The second kappa shape index (κ2) is 5.57. The van der Waals surface area contributed by atoms with Gasteiger partial charge in [-0.1, -0.05) is 18.2 Å². The van der Waals surface area contributed by atoms with Gasteiger partial charge in [-0.15, -0.1) is 0 Å². The minimum Gasteiger partial charge on any atom is -0.368 e. The molecule has 2 N–H and O–H groups in total. The number of anilines is 1. The van der Waals surface area contributed by atoms with Crippen LogP contribution in [0, 0.1) is 0 Å². The zero-order chi connectivity index (χ0) is 13.1. The first kappa shape index (κ1) is 12.4. The van der Waals surface area contributed by atoms with Gasteiger partial charge in [0.15, 0.2) is 0 Å². The van der Waals surface area contributed by atoms with Crippen LogP contribution in [0.4, 0.5) is 5.69 Å². The van der Waals surface area contributed by atoms with Crippen LogP contribution in [-0.4, -0.2) is 24.1 Å². The van der Waals surface area contributed by atoms with Crippen molar-refractivity contribution in [2.45, 2.75) is 31.7 Å². The van der Waals surface area contributed by atoms with Gasteiger partial charge in [0, 0.05) is 29.9 Å². The molecule has 0 bridgehead atoms. The number of aromatic nitrogens is 1. The predicted molar refractivity (Wildman–Crippen MR) is 80.4 cm³/mol. The molecule has 1 aromatic carbocycles. The van der Waals surface area contributed by atoms with Crippen molar-refractivity contribution in [3.63, 3.8) is 0 Å². The first-order chi connectivity index (χ1) is 9.40. The molecular weight excluding hydrogens is 234 g/mol. The molecule has 0 saturated heterocycles. The summed E-state index contributed by atoms with van der Waals surface area (Å²) in [7, 11) is 0. The highest BCUT2D eigenvalue weighted by molar-refractivity contribution is 5.91. The lowest BCUT2D eigenvalue weighted by Gasteiger charge is -2.39. The number of hydrogen-bond donors (Lipinski definition) is 1. The smallest absolute Gasteiger partial charge is 0.0722 e. The molecule has 1 aliphatic carbocycles. The van der Waals surface area contributed by atoms with Crippen LogP contribution in [0.25, 0.3) is 10.9 Å². The van der Waals surface area contributed by atoms with E-state index in [0.717, 1.165) is 25.0 Å². The monoisotopic (exact) mass is 255 g/mol. The summed E-state index contributed by atoms with van der Waals surface area (Å²) >= 11 is 0. The Hall–Kier alpha value is -1.61. The molecule has 3 heteroatoms. The normalized spacial score (nSPS) is 15.4. The summed E-state index contributed by atoms with van der Waals surface area (Å²) in [4.78, 5) is 7.00. The van der Waals surface area contributed by atoms with Gasteiger partial charge in [0.05, 0.1) is 5.52 Å². The Bertz CT molecular complexity index is 543. The van der Waals surface area contributed by atoms with Crippen LogP contribution in [0.2, 0.25) is 0 Å². The number of pyridine rings is 1. The lowest BCUT2D eigenvalue weighted by Crippen LogP contribution is -2.41. The fourth-order valence-electron chi connectivity index (χ4n) is 2.79. The fourth-order valence-corrected chi connectivity index (χ4v) is 2.79. The van der Waals surface area contributed by atoms with Crippen molar-refractivity contribution >= 4 is 16.6 Å². The van der Waals surface area contributed by atoms with Crippen LogP contribution in [0.15, 0.2) is 36.5 Å². The SMILES string of the molecule is NCCCN(c1ccnc2ccccc12)C1CCC1. The van der Waals surface area contributed by atoms with E-state index < -0.39 is 0 Å². The van der Waals surface area contributed by atoms with Gasteiger partial charge in [-0.25, -0.2) is 0 Å². The highest BCUT2D eigenvalue weighted by Gasteiger charge is 2.25. The van der Waals surface area contributed by atoms with E-state index in [1.165, 1.54) is 30.3 Å². The van der Waals surface area contributed by atoms with E-state index in [2.05, 4.69) is 34.1 Å². The Labute approximate surface area is 114 Å². The van der Waals surface area contributed by atoms with Gasteiger partial charge in [-0.3, -0.25) is 4.98 Å². The molecule has 1 heterocycles. The van der Waals surface area contributed by atoms with Crippen LogP contribution < -0.4 is 10.6 Å². The molecule has 0 radical (unpaired) electrons. The first-order valence-electron chi connectivity index (χ1n) is 7.20. The zero-order valence-electron chi connectivity index (χ0n) is 11.3. The number of nitrogens with two attached hydrogens (primary N) is 1. The van der Waals surface area contributed by atoms with E-state index >= 15 is 0 Å². The first-order valence-corrected chi connectivity index (χ1v) is 7.20. The maximum absolute atomic E-state index is 5.69. The Morgan fingerprint density at radius 3 is 2.79 bits per heavy atom. The van der Waals surface area contributed by atoms with Gasteiger partial charge in [-0.05, 0) is 44.4 Å². The molecule has 100 valence electrons. The zero-order valence-corrected chi connectivity index (χ0v) is 11.3. The topological polar surface area (TPSA) is 42.1 Å². The van der Waals surface area contributed by atoms with Gasteiger partial charge >= 0.3 is 0 Å². The van der Waals surface area contributed by atoms with Crippen LogP contribution in [0.5, 0.6) is 0 Å². The number of para-hydroxylation sites is 1. The van der Waals surface area contributed by atoms with Gasteiger partial charge in [0.2, 0.25) is 0 Å². The molecule has 3 rings (SSSR count). The van der Waals surface area contributed by atoms with Crippen LogP contribution in [-0.2, 0) is 0 Å². The minimum atomic E-state index is 0.692. The van der Waals surface area contributed by atoms with Crippen LogP contribution >= 0.6 is 0 Å². The van der Waals surface area contributed by atoms with Crippen molar-refractivity contribution in [3.05, 3.63) is 36.5 Å². The second-order valence-electron chi connectivity index (χ2n) is 5.27. The molecule has 0 aliphatic heterocycles. The number of rotatable bonds is 5. The van der Waals surface area contributed by atoms with E-state index in [-0.39, 0.29) is 0 Å². The van der Waals surface area contributed by atoms with E-state index in [0.29, 0.717) is 6.04 Å². The molecule has 3 nitrogen and oxygen atoms in total. The van der Waals surface area contributed by atoms with Crippen LogP contribution in [0.3, 0.4) is 0 Å². The number of nitrogens with zero attached hydrogens (tertiary/aromatic N) is 2. The summed E-state index contributed by atoms with van der Waals surface area (Å²) < 4.78 is 0. The van der Waals surface area contributed by atoms with Crippen molar-refractivity contribution in [2.75, 3.05) is 18.0 Å². The Morgan fingerprint density at radius 2 is 2.05 bits per heavy atom. The summed E-state index contributed by atoms with van der Waals surface area (Å²) in [6.45, 7) is 1.81. The molecular formula is C16H21N3. The molecule has 1 fully saturated rings. The Kier molecular flexibility index (Phi) is 3.65. The number of benzene rings is 1. The lowest BCUT2D eigenvalue weighted by atomic mass is 9.90. The lowest BCUT2D eigenvalue weighted by molar-refractivity contribution is 0.385. The third kappa shape index (κ3) is 2.43. The molecule has 1 saturated carbocycles. The quantitative estimate of drug-likeness (QED) is 0.893. The van der Waals surface area contributed by atoms with Crippen molar-refractivity contribution in [3.8, 4) is 0 Å². The van der Waals surface area contributed by atoms with Crippen molar-refractivity contribution in [2.24, 2.45) is 5.73 Å². The highest BCUT2D eigenvalue weighted by Crippen LogP contribution is 2.33. The molecule has 0 amide bonds. The molecule has 0 atom stereocenters. The molecule has 1 aliphatic rings. The summed E-state index contributed by atoms with van der Waals surface area (Å²) in [6.07, 6.45) is 6.94. The van der Waals surface area contributed by atoms with Crippen molar-refractivity contribution in [1.82, 2.24) is 4.98 Å². The van der Waals surface area contributed by atoms with Gasteiger partial charge < -0.3 is 10.6 Å². The molecule has 1 aromatic heterocycles. The molecule has 0 unspecified atom stereocenters. The third-order valence-corrected chi connectivity index (χ3v) is 4.05. The maximum atomic E-state index is 5.69. The Morgan fingerprint density at radius 1 is 1.21 bits per heavy atom. The molecule has 19 heavy (non-hydrogen) atoms. The number of fused-ring (bicyclic) bond motifs is 1. The van der Waals surface area contributed by atoms with E-state index in [9.17, 15) is 0 Å². The summed E-state index contributed by atoms with van der Waals surface area (Å²) in [5, 5.41) is 1.26. The standard InChI is InChI=1S/C16H21N3/c17-10-4-12-19(13-5-3-6-13)16-9-11-18-15-8-2-1-7-14(15)16/h1-2,7-9,11,13H,3-6,10,12,17H2. The highest BCUT2D eigenvalue weighted by atomic mass is 15.2. The summed E-state index contributed by atoms with van der Waals surface area (Å²) in [6, 6.07) is 11.2. The summed E-state index contributed by atoms with van der Waals surface area (Å²) in [5.41, 5.74) is 8.09. The van der Waals surface area contributed by atoms with E-state index in [1.54, 1.807) is 0 Å². The summed E-state index contributed by atoms with van der Waals surface area (Å²) in [5.74, 6) is 0. The van der Waals surface area contributed by atoms with Gasteiger partial charge in [0.1, 0.15) is 0 Å². The Balaban J connectivity index is 1.98. The van der Waals surface area contributed by atoms with E-state index in [4.69, 9.17) is 5.73 Å². The predicted octanol–water partition coefficient (Wildman–Crippen LogP) is 2.94. The van der Waals surface area contributed by atoms with Crippen molar-refractivity contribution < 1.29 is 0 Å². The number of hydrogen-bond acceptors (Lipinski definition) is 3. The maximum Gasteiger partial charge on any atom is 0.0722 e. The largest absolute Gasteiger partial charge is 0.368 e. The second-order valence-corrected chi connectivity index (χ2v) is 5.27. The average Bonchev–Trinajstić information content (AvgIpc) is 2.41. The molecule has 0 spiro atoms. The van der Waals surface area contributed by atoms with Gasteiger partial charge in [0.25, 0.3) is 0 Å². The minimum absolute atomic E-state index is 0.692. The van der Waals surface area contributed by atoms with E-state index in [1.807, 2.05) is 12.3 Å². The molecule has 2 aromatic rings.